The largest absolute Gasteiger partial charge is 0.494 e. The van der Waals surface area contributed by atoms with Gasteiger partial charge in [0.25, 0.3) is 0 Å². The average molecular weight is 266 g/mol. The normalized spacial score (nSPS) is 10.1. The van der Waals surface area contributed by atoms with E-state index >= 15 is 0 Å². The summed E-state index contributed by atoms with van der Waals surface area (Å²) in [5, 5.41) is 3.02. The van der Waals surface area contributed by atoms with Gasteiger partial charge in [0.15, 0.2) is 0 Å². The number of hydrogen-bond acceptors (Lipinski definition) is 6. The monoisotopic (exact) mass is 265 g/mol. The standard InChI is InChI=1S/C11H12ClN5O/c1-2-18-8-5-3-4-7(6-8)14-11-16-9(12)15-10(13)17-11/h3-6H,2H2,1H3,(H3,13,14,15,16,17). The fraction of sp³-hybridized carbons (Fsp3) is 0.182. The molecule has 6 nitrogen and oxygen atoms in total. The summed E-state index contributed by atoms with van der Waals surface area (Å²) in [6.07, 6.45) is 0. The highest BCUT2D eigenvalue weighted by Gasteiger charge is 2.03. The molecule has 0 saturated carbocycles. The van der Waals surface area contributed by atoms with Crippen LogP contribution in [0.25, 0.3) is 0 Å². The first kappa shape index (κ1) is 12.4. The molecule has 2 rings (SSSR count). The van der Waals surface area contributed by atoms with Crippen molar-refractivity contribution in [1.29, 1.82) is 0 Å². The molecule has 0 radical (unpaired) electrons. The van der Waals surface area contributed by atoms with E-state index in [2.05, 4.69) is 20.3 Å². The predicted octanol–water partition coefficient (Wildman–Crippen LogP) is 2.25. The van der Waals surface area contributed by atoms with Crippen molar-refractivity contribution in [2.45, 2.75) is 6.92 Å². The van der Waals surface area contributed by atoms with Crippen LogP contribution in [0.15, 0.2) is 24.3 Å². The molecule has 0 aliphatic heterocycles. The second kappa shape index (κ2) is 5.50. The summed E-state index contributed by atoms with van der Waals surface area (Å²) in [5.41, 5.74) is 6.26. The molecule has 0 saturated heterocycles. The van der Waals surface area contributed by atoms with E-state index < -0.39 is 0 Å². The van der Waals surface area contributed by atoms with Gasteiger partial charge in [-0.15, -0.1) is 0 Å². The van der Waals surface area contributed by atoms with Crippen LogP contribution in [0.1, 0.15) is 6.92 Å². The fourth-order valence-corrected chi connectivity index (χ4v) is 1.55. The van der Waals surface area contributed by atoms with E-state index in [1.54, 1.807) is 0 Å². The fourth-order valence-electron chi connectivity index (χ4n) is 1.38. The van der Waals surface area contributed by atoms with Gasteiger partial charge in [0.2, 0.25) is 17.2 Å². The Balaban J connectivity index is 2.20. The van der Waals surface area contributed by atoms with Gasteiger partial charge < -0.3 is 15.8 Å². The summed E-state index contributed by atoms with van der Waals surface area (Å²) < 4.78 is 5.39. The lowest BCUT2D eigenvalue weighted by Gasteiger charge is -2.07. The van der Waals surface area contributed by atoms with Crippen LogP contribution in [0, 0.1) is 0 Å². The molecule has 0 fully saturated rings. The Morgan fingerprint density at radius 3 is 2.89 bits per heavy atom. The number of anilines is 3. The Kier molecular flexibility index (Phi) is 3.78. The summed E-state index contributed by atoms with van der Waals surface area (Å²) in [5.74, 6) is 1.12. The van der Waals surface area contributed by atoms with Gasteiger partial charge in [0.1, 0.15) is 5.75 Å². The molecule has 18 heavy (non-hydrogen) atoms. The van der Waals surface area contributed by atoms with Crippen molar-refractivity contribution in [1.82, 2.24) is 15.0 Å². The molecule has 1 aromatic carbocycles. The Labute approximate surface area is 109 Å². The molecule has 2 aromatic rings. The maximum Gasteiger partial charge on any atom is 0.233 e. The van der Waals surface area contributed by atoms with Crippen molar-refractivity contribution < 1.29 is 4.74 Å². The minimum Gasteiger partial charge on any atom is -0.494 e. The molecule has 1 heterocycles. The second-order valence-electron chi connectivity index (χ2n) is 3.37. The lowest BCUT2D eigenvalue weighted by molar-refractivity contribution is 0.340. The Morgan fingerprint density at radius 1 is 1.33 bits per heavy atom. The van der Waals surface area contributed by atoms with E-state index in [1.165, 1.54) is 0 Å². The van der Waals surface area contributed by atoms with Gasteiger partial charge in [-0.05, 0) is 30.7 Å². The number of ether oxygens (including phenoxy) is 1. The molecule has 0 unspecified atom stereocenters. The van der Waals surface area contributed by atoms with Crippen LogP contribution in [0.2, 0.25) is 5.28 Å². The average Bonchev–Trinajstić information content (AvgIpc) is 2.28. The number of nitrogen functional groups attached to an aromatic ring is 1. The van der Waals surface area contributed by atoms with Crippen LogP contribution >= 0.6 is 11.6 Å². The van der Waals surface area contributed by atoms with Crippen molar-refractivity contribution in [3.05, 3.63) is 29.5 Å². The van der Waals surface area contributed by atoms with Crippen LogP contribution in [0.5, 0.6) is 5.75 Å². The summed E-state index contributed by atoms with van der Waals surface area (Å²) in [6.45, 7) is 2.53. The van der Waals surface area contributed by atoms with E-state index in [0.717, 1.165) is 11.4 Å². The van der Waals surface area contributed by atoms with Gasteiger partial charge in [-0.25, -0.2) is 0 Å². The zero-order valence-electron chi connectivity index (χ0n) is 9.72. The molecular weight excluding hydrogens is 254 g/mol. The SMILES string of the molecule is CCOc1cccc(Nc2nc(N)nc(Cl)n2)c1. The number of nitrogens with two attached hydrogens (primary N) is 1. The van der Waals surface area contributed by atoms with Crippen LogP contribution in [-0.2, 0) is 0 Å². The Hall–Kier alpha value is -2.08. The number of hydrogen-bond donors (Lipinski definition) is 2. The van der Waals surface area contributed by atoms with Gasteiger partial charge in [-0.1, -0.05) is 6.07 Å². The summed E-state index contributed by atoms with van der Waals surface area (Å²) in [6, 6.07) is 7.41. The number of nitrogens with one attached hydrogen (secondary N) is 1. The predicted molar refractivity (Wildman–Crippen MR) is 70.1 cm³/mol. The highest BCUT2D eigenvalue weighted by molar-refractivity contribution is 6.28. The van der Waals surface area contributed by atoms with E-state index in [0.29, 0.717) is 12.6 Å². The van der Waals surface area contributed by atoms with Gasteiger partial charge in [-0.3, -0.25) is 0 Å². The van der Waals surface area contributed by atoms with Gasteiger partial charge in [-0.2, -0.15) is 15.0 Å². The van der Waals surface area contributed by atoms with Crippen molar-refractivity contribution in [3.8, 4) is 5.75 Å². The first-order valence-corrected chi connectivity index (χ1v) is 5.72. The molecule has 7 heteroatoms. The molecule has 94 valence electrons. The second-order valence-corrected chi connectivity index (χ2v) is 3.71. The molecule has 0 spiro atoms. The highest BCUT2D eigenvalue weighted by atomic mass is 35.5. The number of aromatic nitrogens is 3. The number of benzene rings is 1. The third-order valence-electron chi connectivity index (χ3n) is 2.03. The topological polar surface area (TPSA) is 86.0 Å². The number of rotatable bonds is 4. The van der Waals surface area contributed by atoms with Crippen LogP contribution < -0.4 is 15.8 Å². The summed E-state index contributed by atoms with van der Waals surface area (Å²) in [7, 11) is 0. The summed E-state index contributed by atoms with van der Waals surface area (Å²) in [4.78, 5) is 11.5. The minimum absolute atomic E-state index is 0.0472. The van der Waals surface area contributed by atoms with Crippen molar-refractivity contribution in [2.75, 3.05) is 17.7 Å². The summed E-state index contributed by atoms with van der Waals surface area (Å²) >= 11 is 5.69. The Morgan fingerprint density at radius 2 is 2.17 bits per heavy atom. The Bertz CT molecular complexity index is 528. The molecule has 0 amide bonds. The van der Waals surface area contributed by atoms with Crippen LogP contribution in [0.4, 0.5) is 17.6 Å². The molecular formula is C11H12ClN5O. The van der Waals surface area contributed by atoms with Gasteiger partial charge >= 0.3 is 0 Å². The van der Waals surface area contributed by atoms with E-state index in [1.807, 2.05) is 31.2 Å². The third kappa shape index (κ3) is 3.21. The first-order chi connectivity index (χ1) is 8.67. The van der Waals surface area contributed by atoms with E-state index in [4.69, 9.17) is 22.1 Å². The highest BCUT2D eigenvalue weighted by Crippen LogP contribution is 2.20. The van der Waals surface area contributed by atoms with Crippen molar-refractivity contribution >= 4 is 29.2 Å². The maximum atomic E-state index is 5.69. The molecule has 1 aromatic heterocycles. The first-order valence-electron chi connectivity index (χ1n) is 5.34. The van der Waals surface area contributed by atoms with Gasteiger partial charge in [0.05, 0.1) is 6.61 Å². The van der Waals surface area contributed by atoms with Crippen LogP contribution in [0.3, 0.4) is 0 Å². The maximum absolute atomic E-state index is 5.69. The molecule has 0 aliphatic carbocycles. The number of halogens is 1. The smallest absolute Gasteiger partial charge is 0.233 e. The lowest BCUT2D eigenvalue weighted by atomic mass is 10.3. The van der Waals surface area contributed by atoms with E-state index in [-0.39, 0.29) is 11.2 Å². The van der Waals surface area contributed by atoms with Crippen molar-refractivity contribution in [3.63, 3.8) is 0 Å². The molecule has 3 N–H and O–H groups in total. The minimum atomic E-state index is 0.0472. The zero-order chi connectivity index (χ0) is 13.0. The van der Waals surface area contributed by atoms with E-state index in [9.17, 15) is 0 Å². The molecule has 0 bridgehead atoms. The molecule has 0 aliphatic rings. The van der Waals surface area contributed by atoms with Crippen molar-refractivity contribution in [2.24, 2.45) is 0 Å². The number of nitrogens with zero attached hydrogens (tertiary/aromatic N) is 3. The third-order valence-corrected chi connectivity index (χ3v) is 2.20. The quantitative estimate of drug-likeness (QED) is 0.882. The zero-order valence-corrected chi connectivity index (χ0v) is 10.5. The van der Waals surface area contributed by atoms with Crippen LogP contribution in [-0.4, -0.2) is 21.6 Å². The lowest BCUT2D eigenvalue weighted by Crippen LogP contribution is -2.03. The van der Waals surface area contributed by atoms with Gasteiger partial charge in [0, 0.05) is 11.8 Å². The molecule has 0 atom stereocenters.